The van der Waals surface area contributed by atoms with Gasteiger partial charge in [-0.15, -0.1) is 0 Å². The van der Waals surface area contributed by atoms with E-state index in [1.54, 1.807) is 6.07 Å². The molecule has 2 aliphatic heterocycles. The van der Waals surface area contributed by atoms with Crippen molar-refractivity contribution in [3.05, 3.63) is 64.9 Å². The number of hydrogen-bond donors (Lipinski definition) is 0. The molecule has 0 N–H and O–H groups in total. The lowest BCUT2D eigenvalue weighted by Gasteiger charge is -2.34. The standard InChI is InChI=1S/C27H30F3N3O2/c1-16(2)31-10-8-19(9-11-31)35-20-4-7-23-18(14-20)15-24-27(34)33(13-12-32(23)24)26(30)21-5-6-22(28)17(3)25(21)29/h4-7,14-16,19,26H,8-13H2,1-3H3. The Morgan fingerprint density at radius 2 is 1.74 bits per heavy atom. The van der Waals surface area contributed by atoms with E-state index in [4.69, 9.17) is 4.74 Å². The molecular formula is C27H30F3N3O2. The van der Waals surface area contributed by atoms with Gasteiger partial charge in [0.25, 0.3) is 5.91 Å². The molecular weight excluding hydrogens is 455 g/mol. The minimum atomic E-state index is -2.00. The van der Waals surface area contributed by atoms with Gasteiger partial charge >= 0.3 is 0 Å². The van der Waals surface area contributed by atoms with E-state index in [1.807, 2.05) is 22.8 Å². The highest BCUT2D eigenvalue weighted by molar-refractivity contribution is 6.00. The van der Waals surface area contributed by atoms with Crippen molar-refractivity contribution < 1.29 is 22.7 Å². The summed E-state index contributed by atoms with van der Waals surface area (Å²) in [5, 5.41) is 0.839. The molecule has 2 aromatic carbocycles. The van der Waals surface area contributed by atoms with Gasteiger partial charge in [0.2, 0.25) is 6.30 Å². The Morgan fingerprint density at radius 3 is 2.46 bits per heavy atom. The molecule has 1 fully saturated rings. The molecule has 8 heteroatoms. The van der Waals surface area contributed by atoms with E-state index in [-0.39, 0.29) is 23.8 Å². The summed E-state index contributed by atoms with van der Waals surface area (Å²) in [6.07, 6.45) is 0.0860. The Balaban J connectivity index is 1.35. The molecule has 1 unspecified atom stereocenters. The van der Waals surface area contributed by atoms with Gasteiger partial charge in [-0.25, -0.2) is 13.2 Å². The van der Waals surface area contributed by atoms with Crippen LogP contribution in [0.4, 0.5) is 13.2 Å². The van der Waals surface area contributed by atoms with Gasteiger partial charge in [-0.1, -0.05) is 0 Å². The van der Waals surface area contributed by atoms with Crippen LogP contribution < -0.4 is 4.74 Å². The number of benzene rings is 2. The van der Waals surface area contributed by atoms with E-state index in [9.17, 15) is 13.6 Å². The predicted molar refractivity (Wildman–Crippen MR) is 128 cm³/mol. The highest BCUT2D eigenvalue weighted by Crippen LogP contribution is 2.34. The normalized spacial score (nSPS) is 18.4. The number of likely N-dealkylation sites (tertiary alicyclic amines) is 1. The first kappa shape index (κ1) is 23.7. The van der Waals surface area contributed by atoms with Gasteiger partial charge in [0.1, 0.15) is 29.2 Å². The highest BCUT2D eigenvalue weighted by atomic mass is 19.1. The second-order valence-electron chi connectivity index (χ2n) is 9.76. The van der Waals surface area contributed by atoms with Crippen LogP contribution in [-0.4, -0.2) is 52.1 Å². The summed E-state index contributed by atoms with van der Waals surface area (Å²) in [4.78, 5) is 16.6. The van der Waals surface area contributed by atoms with E-state index >= 15 is 4.39 Å². The molecule has 0 radical (unpaired) electrons. The third-order valence-electron chi connectivity index (χ3n) is 7.31. The molecule has 5 nitrogen and oxygen atoms in total. The molecule has 0 aliphatic carbocycles. The molecule has 5 rings (SSSR count). The largest absolute Gasteiger partial charge is 0.490 e. The first-order chi connectivity index (χ1) is 16.7. The Labute approximate surface area is 203 Å². The van der Waals surface area contributed by atoms with Crippen molar-refractivity contribution in [2.24, 2.45) is 0 Å². The third kappa shape index (κ3) is 4.29. The monoisotopic (exact) mass is 485 g/mol. The molecule has 0 spiro atoms. The molecule has 35 heavy (non-hydrogen) atoms. The lowest BCUT2D eigenvalue weighted by Crippen LogP contribution is -2.41. The summed E-state index contributed by atoms with van der Waals surface area (Å²) in [6, 6.07) is 10.1. The molecule has 0 bridgehead atoms. The summed E-state index contributed by atoms with van der Waals surface area (Å²) in [5.74, 6) is -1.48. The van der Waals surface area contributed by atoms with Crippen LogP contribution in [-0.2, 0) is 6.54 Å². The molecule has 0 saturated carbocycles. The molecule has 1 amide bonds. The summed E-state index contributed by atoms with van der Waals surface area (Å²) in [6.45, 7) is 8.13. The van der Waals surface area contributed by atoms with E-state index in [0.29, 0.717) is 18.3 Å². The van der Waals surface area contributed by atoms with E-state index in [0.717, 1.165) is 59.6 Å². The summed E-state index contributed by atoms with van der Waals surface area (Å²) < 4.78 is 51.5. The average Bonchev–Trinajstić information content (AvgIpc) is 3.22. The molecule has 1 aromatic heterocycles. The number of ether oxygens (including phenoxy) is 1. The topological polar surface area (TPSA) is 37.7 Å². The van der Waals surface area contributed by atoms with Gasteiger partial charge in [-0.05, 0) is 70.0 Å². The van der Waals surface area contributed by atoms with Crippen molar-refractivity contribution in [2.75, 3.05) is 19.6 Å². The predicted octanol–water partition coefficient (Wildman–Crippen LogP) is 5.60. The number of carbonyl (C=O) groups excluding carboxylic acids is 1. The van der Waals surface area contributed by atoms with Crippen LogP contribution in [0.2, 0.25) is 0 Å². The highest BCUT2D eigenvalue weighted by Gasteiger charge is 2.34. The van der Waals surface area contributed by atoms with Gasteiger partial charge in [-0.2, -0.15) is 0 Å². The van der Waals surface area contributed by atoms with Crippen LogP contribution in [0.5, 0.6) is 5.75 Å². The number of aromatic nitrogens is 1. The minimum absolute atomic E-state index is 0.0827. The van der Waals surface area contributed by atoms with Crippen LogP contribution in [0.25, 0.3) is 10.9 Å². The van der Waals surface area contributed by atoms with Crippen molar-refractivity contribution in [3.8, 4) is 5.75 Å². The first-order valence-corrected chi connectivity index (χ1v) is 12.2. The summed E-state index contributed by atoms with van der Waals surface area (Å²) in [7, 11) is 0. The Bertz CT molecular complexity index is 1260. The van der Waals surface area contributed by atoms with Gasteiger partial charge in [0, 0.05) is 54.3 Å². The maximum absolute atomic E-state index is 15.3. The fourth-order valence-corrected chi connectivity index (χ4v) is 5.15. The number of halogens is 3. The first-order valence-electron chi connectivity index (χ1n) is 12.2. The zero-order chi connectivity index (χ0) is 24.9. The lowest BCUT2D eigenvalue weighted by atomic mass is 10.1. The van der Waals surface area contributed by atoms with Crippen molar-refractivity contribution >= 4 is 16.8 Å². The van der Waals surface area contributed by atoms with Gasteiger partial charge in [0.15, 0.2) is 0 Å². The smallest absolute Gasteiger partial charge is 0.273 e. The number of alkyl halides is 1. The zero-order valence-electron chi connectivity index (χ0n) is 20.2. The van der Waals surface area contributed by atoms with Crippen LogP contribution in [0, 0.1) is 18.6 Å². The maximum atomic E-state index is 15.3. The summed E-state index contributed by atoms with van der Waals surface area (Å²) in [5.41, 5.74) is 0.622. The number of amides is 1. The number of fused-ring (bicyclic) bond motifs is 3. The minimum Gasteiger partial charge on any atom is -0.490 e. The number of nitrogens with zero attached hydrogens (tertiary/aromatic N) is 3. The Kier molecular flexibility index (Phi) is 6.25. The van der Waals surface area contributed by atoms with Gasteiger partial charge in [-0.3, -0.25) is 4.79 Å². The van der Waals surface area contributed by atoms with Crippen LogP contribution in [0.3, 0.4) is 0 Å². The molecule has 1 saturated heterocycles. The van der Waals surface area contributed by atoms with Crippen LogP contribution in [0.15, 0.2) is 36.4 Å². The second kappa shape index (κ2) is 9.22. The molecule has 3 heterocycles. The van der Waals surface area contributed by atoms with Crippen molar-refractivity contribution in [1.29, 1.82) is 0 Å². The molecule has 3 aromatic rings. The fraction of sp³-hybridized carbons (Fsp3) is 0.444. The molecule has 186 valence electrons. The van der Waals surface area contributed by atoms with E-state index in [2.05, 4.69) is 18.7 Å². The van der Waals surface area contributed by atoms with Crippen molar-refractivity contribution in [3.63, 3.8) is 0 Å². The number of piperidine rings is 1. The average molecular weight is 486 g/mol. The third-order valence-corrected chi connectivity index (χ3v) is 7.31. The quantitative estimate of drug-likeness (QED) is 0.442. The van der Waals surface area contributed by atoms with Gasteiger partial charge in [0.05, 0.1) is 0 Å². The van der Waals surface area contributed by atoms with Crippen molar-refractivity contribution in [1.82, 2.24) is 14.4 Å². The summed E-state index contributed by atoms with van der Waals surface area (Å²) >= 11 is 0. The second-order valence-corrected chi connectivity index (χ2v) is 9.76. The Morgan fingerprint density at radius 1 is 1.00 bits per heavy atom. The Hall–Kier alpha value is -3.00. The maximum Gasteiger partial charge on any atom is 0.273 e. The number of rotatable bonds is 5. The van der Waals surface area contributed by atoms with Crippen molar-refractivity contribution in [2.45, 2.75) is 58.6 Å². The number of carbonyl (C=O) groups is 1. The fourth-order valence-electron chi connectivity index (χ4n) is 5.15. The van der Waals surface area contributed by atoms with Crippen LogP contribution in [0.1, 0.15) is 54.6 Å². The zero-order valence-corrected chi connectivity index (χ0v) is 20.2. The molecule has 2 aliphatic rings. The van der Waals surface area contributed by atoms with Gasteiger partial charge < -0.3 is 19.1 Å². The van der Waals surface area contributed by atoms with Crippen LogP contribution >= 0.6 is 0 Å². The SMILES string of the molecule is Cc1c(F)ccc(C(F)N2CCn3c(cc4cc(OC5CCN(C(C)C)CC5)ccc43)C2=O)c1F. The van der Waals surface area contributed by atoms with E-state index < -0.39 is 23.8 Å². The lowest BCUT2D eigenvalue weighted by molar-refractivity contribution is 0.0376. The molecule has 1 atom stereocenters. The van der Waals surface area contributed by atoms with E-state index in [1.165, 1.54) is 6.92 Å². The number of hydrogen-bond acceptors (Lipinski definition) is 3.